The number of piperidine rings is 1. The Balaban J connectivity index is 1.59. The molecule has 1 aromatic rings. The quantitative estimate of drug-likeness (QED) is 0.859. The van der Waals surface area contributed by atoms with E-state index in [-0.39, 0.29) is 18.5 Å². The second kappa shape index (κ2) is 7.69. The minimum absolute atomic E-state index is 0.164. The fourth-order valence-corrected chi connectivity index (χ4v) is 3.35. The second-order valence-corrected chi connectivity index (χ2v) is 6.71. The lowest BCUT2D eigenvalue weighted by atomic mass is 9.91. The number of hydrogen-bond donors (Lipinski definition) is 2. The van der Waals surface area contributed by atoms with Crippen LogP contribution in [0.5, 0.6) is 0 Å². The number of aromatic nitrogens is 1. The molecule has 0 bridgehead atoms. The minimum atomic E-state index is -0.850. The summed E-state index contributed by atoms with van der Waals surface area (Å²) in [6.07, 6.45) is 2.34. The van der Waals surface area contributed by atoms with Crippen molar-refractivity contribution in [1.82, 2.24) is 9.88 Å². The smallest absolute Gasteiger partial charge is 0.323 e. The first kappa shape index (κ1) is 17.5. The molecule has 2 unspecified atom stereocenters. The highest BCUT2D eigenvalue weighted by Crippen LogP contribution is 2.23. The van der Waals surface area contributed by atoms with E-state index >= 15 is 0 Å². The summed E-state index contributed by atoms with van der Waals surface area (Å²) in [6.45, 7) is 5.82. The van der Waals surface area contributed by atoms with E-state index in [0.717, 1.165) is 18.8 Å². The van der Waals surface area contributed by atoms with Crippen LogP contribution >= 0.6 is 0 Å². The van der Waals surface area contributed by atoms with E-state index in [1.165, 1.54) is 0 Å². The summed E-state index contributed by atoms with van der Waals surface area (Å²) >= 11 is 0. The van der Waals surface area contributed by atoms with Crippen molar-refractivity contribution >= 4 is 23.5 Å². The molecule has 2 N–H and O–H groups in total. The number of carbonyl (C=O) groups is 2. The number of aliphatic carboxylic acids is 1. The van der Waals surface area contributed by atoms with Gasteiger partial charge in [0.1, 0.15) is 5.82 Å². The van der Waals surface area contributed by atoms with E-state index in [1.54, 1.807) is 17.2 Å². The van der Waals surface area contributed by atoms with E-state index in [4.69, 9.17) is 4.74 Å². The van der Waals surface area contributed by atoms with Crippen LogP contribution in [0.25, 0.3) is 0 Å². The van der Waals surface area contributed by atoms with Crippen LogP contribution in [0.2, 0.25) is 0 Å². The fourth-order valence-electron chi connectivity index (χ4n) is 3.35. The van der Waals surface area contributed by atoms with Crippen LogP contribution < -0.4 is 10.2 Å². The molecule has 0 spiro atoms. The zero-order chi connectivity index (χ0) is 17.8. The summed E-state index contributed by atoms with van der Waals surface area (Å²) in [7, 11) is 0. The van der Waals surface area contributed by atoms with Crippen LogP contribution in [0.4, 0.5) is 16.3 Å². The molecule has 0 aromatic carbocycles. The molecule has 2 fully saturated rings. The van der Waals surface area contributed by atoms with Crippen molar-refractivity contribution < 1.29 is 19.4 Å². The van der Waals surface area contributed by atoms with Gasteiger partial charge in [0.15, 0.2) is 0 Å². The molecule has 2 aliphatic rings. The van der Waals surface area contributed by atoms with Crippen molar-refractivity contribution in [3.63, 3.8) is 0 Å². The van der Waals surface area contributed by atoms with Gasteiger partial charge in [-0.1, -0.05) is 6.92 Å². The molecule has 2 aliphatic heterocycles. The predicted molar refractivity (Wildman–Crippen MR) is 92.8 cm³/mol. The Hall–Kier alpha value is -2.35. The summed E-state index contributed by atoms with van der Waals surface area (Å²) in [5.74, 6) is -0.729. The number of amides is 2. The van der Waals surface area contributed by atoms with Crippen molar-refractivity contribution in [2.24, 2.45) is 11.8 Å². The lowest BCUT2D eigenvalue weighted by molar-refractivity contribution is -0.143. The fraction of sp³-hybridized carbons (Fsp3) is 0.588. The topological polar surface area (TPSA) is 95.0 Å². The number of likely N-dealkylation sites (tertiary alicyclic amines) is 1. The van der Waals surface area contributed by atoms with Crippen LogP contribution in [0.1, 0.15) is 13.3 Å². The second-order valence-electron chi connectivity index (χ2n) is 6.71. The number of carbonyl (C=O) groups excluding carboxylic acids is 1. The SMILES string of the molecule is CC1CC(C(=O)O)CN(C(=O)Nc2ccc(N3CCOCC3)cn2)C1. The van der Waals surface area contributed by atoms with E-state index < -0.39 is 11.9 Å². The summed E-state index contributed by atoms with van der Waals surface area (Å²) in [5.41, 5.74) is 0.999. The number of hydrogen-bond acceptors (Lipinski definition) is 5. The molecule has 0 saturated carbocycles. The molecule has 8 nitrogen and oxygen atoms in total. The van der Waals surface area contributed by atoms with E-state index in [2.05, 4.69) is 15.2 Å². The summed E-state index contributed by atoms with van der Waals surface area (Å²) in [5, 5.41) is 12.0. The third-order valence-corrected chi connectivity index (χ3v) is 4.66. The molecule has 3 heterocycles. The minimum Gasteiger partial charge on any atom is -0.481 e. The molecule has 3 rings (SSSR count). The van der Waals surface area contributed by atoms with Crippen LogP contribution in [0.3, 0.4) is 0 Å². The first-order valence-corrected chi connectivity index (χ1v) is 8.60. The first-order chi connectivity index (χ1) is 12.0. The maximum Gasteiger partial charge on any atom is 0.323 e. The highest BCUT2D eigenvalue weighted by molar-refractivity contribution is 5.89. The average molecular weight is 348 g/mol. The summed E-state index contributed by atoms with van der Waals surface area (Å²) < 4.78 is 5.33. The number of rotatable bonds is 3. The van der Waals surface area contributed by atoms with Crippen molar-refractivity contribution in [3.05, 3.63) is 18.3 Å². The molecule has 136 valence electrons. The molecule has 1 aromatic heterocycles. The number of anilines is 2. The average Bonchev–Trinajstić information content (AvgIpc) is 2.62. The van der Waals surface area contributed by atoms with E-state index in [0.29, 0.717) is 32.0 Å². The molecular weight excluding hydrogens is 324 g/mol. The van der Waals surface area contributed by atoms with Gasteiger partial charge in [-0.05, 0) is 24.5 Å². The van der Waals surface area contributed by atoms with Crippen molar-refractivity contribution in [1.29, 1.82) is 0 Å². The van der Waals surface area contributed by atoms with Crippen LogP contribution in [-0.2, 0) is 9.53 Å². The monoisotopic (exact) mass is 348 g/mol. The number of pyridine rings is 1. The first-order valence-electron chi connectivity index (χ1n) is 8.60. The van der Waals surface area contributed by atoms with Crippen LogP contribution in [-0.4, -0.2) is 66.4 Å². The summed E-state index contributed by atoms with van der Waals surface area (Å²) in [6, 6.07) is 3.39. The molecular formula is C17H24N4O4. The van der Waals surface area contributed by atoms with Crippen molar-refractivity contribution in [3.8, 4) is 0 Å². The third-order valence-electron chi connectivity index (χ3n) is 4.66. The Morgan fingerprint density at radius 3 is 2.68 bits per heavy atom. The van der Waals surface area contributed by atoms with Crippen molar-refractivity contribution in [2.75, 3.05) is 49.6 Å². The number of nitrogens with zero attached hydrogens (tertiary/aromatic N) is 3. The molecule has 0 radical (unpaired) electrons. The maximum absolute atomic E-state index is 12.4. The van der Waals surface area contributed by atoms with Gasteiger partial charge in [0.05, 0.1) is 31.0 Å². The Morgan fingerprint density at radius 1 is 1.28 bits per heavy atom. The Morgan fingerprint density at radius 2 is 2.04 bits per heavy atom. The lowest BCUT2D eigenvalue weighted by Gasteiger charge is -2.34. The molecule has 2 saturated heterocycles. The van der Waals surface area contributed by atoms with Gasteiger partial charge in [0.2, 0.25) is 0 Å². The zero-order valence-electron chi connectivity index (χ0n) is 14.4. The standard InChI is InChI=1S/C17H24N4O4/c1-12-8-13(16(22)23)11-21(10-12)17(24)19-15-3-2-14(9-18-15)20-4-6-25-7-5-20/h2-3,9,12-13H,4-8,10-11H2,1H3,(H,22,23)(H,18,19,24). The molecule has 8 heteroatoms. The highest BCUT2D eigenvalue weighted by atomic mass is 16.5. The number of carboxylic acids is 1. The van der Waals surface area contributed by atoms with E-state index in [9.17, 15) is 14.7 Å². The van der Waals surface area contributed by atoms with Gasteiger partial charge >= 0.3 is 12.0 Å². The highest BCUT2D eigenvalue weighted by Gasteiger charge is 2.32. The van der Waals surface area contributed by atoms with Gasteiger partial charge in [-0.25, -0.2) is 9.78 Å². The van der Waals surface area contributed by atoms with E-state index in [1.807, 2.05) is 13.0 Å². The Bertz CT molecular complexity index is 616. The number of urea groups is 1. The normalized spacial score (nSPS) is 24.0. The maximum atomic E-state index is 12.4. The third kappa shape index (κ3) is 4.39. The Kier molecular flexibility index (Phi) is 5.37. The number of carboxylic acid groups (broad SMARTS) is 1. The predicted octanol–water partition coefficient (Wildman–Crippen LogP) is 1.49. The van der Waals surface area contributed by atoms with Gasteiger partial charge in [0, 0.05) is 26.2 Å². The molecule has 2 amide bonds. The van der Waals surface area contributed by atoms with Gasteiger partial charge in [-0.2, -0.15) is 0 Å². The van der Waals surface area contributed by atoms with Gasteiger partial charge < -0.3 is 19.6 Å². The zero-order valence-corrected chi connectivity index (χ0v) is 14.4. The van der Waals surface area contributed by atoms with Gasteiger partial charge in [-0.3, -0.25) is 10.1 Å². The van der Waals surface area contributed by atoms with Gasteiger partial charge in [-0.15, -0.1) is 0 Å². The van der Waals surface area contributed by atoms with Crippen LogP contribution in [0, 0.1) is 11.8 Å². The summed E-state index contributed by atoms with van der Waals surface area (Å²) in [4.78, 5) is 31.7. The number of nitrogens with one attached hydrogen (secondary N) is 1. The Labute approximate surface area is 146 Å². The molecule has 2 atom stereocenters. The molecule has 0 aliphatic carbocycles. The number of ether oxygens (including phenoxy) is 1. The lowest BCUT2D eigenvalue weighted by Crippen LogP contribution is -2.47. The molecule has 25 heavy (non-hydrogen) atoms. The number of morpholine rings is 1. The largest absolute Gasteiger partial charge is 0.481 e. The van der Waals surface area contributed by atoms with Crippen LogP contribution in [0.15, 0.2) is 18.3 Å². The van der Waals surface area contributed by atoms with Crippen molar-refractivity contribution in [2.45, 2.75) is 13.3 Å². The van der Waals surface area contributed by atoms with Gasteiger partial charge in [0.25, 0.3) is 0 Å².